The first-order chi connectivity index (χ1) is 23.7. The molecule has 1 saturated heterocycles. The molecule has 0 bridgehead atoms. The number of benzene rings is 3. The van der Waals surface area contributed by atoms with Crippen LogP contribution in [0.15, 0.2) is 84.9 Å². The van der Waals surface area contributed by atoms with E-state index in [2.05, 4.69) is 30.9 Å². The second-order valence-electron chi connectivity index (χ2n) is 12.4. The lowest BCUT2D eigenvalue weighted by Crippen LogP contribution is -2.71. The first-order valence-electron chi connectivity index (χ1n) is 16.4. The first-order valence-corrected chi connectivity index (χ1v) is 16.4. The van der Waals surface area contributed by atoms with E-state index in [1.165, 1.54) is 42.0 Å². The standard InChI is InChI=1S/C20H32N2O2.C18H14O8.H2O/c1-5-21(15-19-10-12-22(13-11-19)17(3)23)16(2)14-18-6-8-20(24-4)9-7-18;19-13(11-7-3-1-4-8-11)17(25,15(21)22)18(26,16(23)24)14(20)12-9-5-2-6-10-12;/h6-9,16,19H,5,10-15H2,1-4H3;1-10,25-26H,(H,21,22)(H,23,24);1H2. The fourth-order valence-corrected chi connectivity index (χ4v) is 6.04. The summed E-state index contributed by atoms with van der Waals surface area (Å²) in [7, 11) is 1.70. The third kappa shape index (κ3) is 9.85. The number of ketones is 2. The molecule has 0 radical (unpaired) electrons. The third-order valence-electron chi connectivity index (χ3n) is 9.14. The van der Waals surface area contributed by atoms with Gasteiger partial charge in [-0.1, -0.05) is 79.7 Å². The smallest absolute Gasteiger partial charge is 0.348 e. The maximum atomic E-state index is 12.6. The monoisotopic (exact) mass is 708 g/mol. The Morgan fingerprint density at radius 3 is 1.59 bits per heavy atom. The number of amides is 1. The topological polar surface area (TPSA) is 213 Å². The Morgan fingerprint density at radius 2 is 1.24 bits per heavy atom. The van der Waals surface area contributed by atoms with Crippen molar-refractivity contribution < 1.29 is 54.6 Å². The summed E-state index contributed by atoms with van der Waals surface area (Å²) in [5, 5.41) is 39.9. The van der Waals surface area contributed by atoms with Gasteiger partial charge in [-0.25, -0.2) is 9.59 Å². The van der Waals surface area contributed by atoms with E-state index in [-0.39, 0.29) is 11.4 Å². The fourth-order valence-electron chi connectivity index (χ4n) is 6.04. The van der Waals surface area contributed by atoms with Crippen LogP contribution in [0.4, 0.5) is 0 Å². The van der Waals surface area contributed by atoms with Gasteiger partial charge in [0.1, 0.15) is 5.75 Å². The SMILES string of the molecule is CCN(CC1CCN(C(C)=O)CC1)C(C)Cc1ccc(OC)cc1.O.O=C(O)C(O)(C(=O)c1ccccc1)C(O)(C(=O)O)C(=O)c1ccccc1. The van der Waals surface area contributed by atoms with Gasteiger partial charge in [0.15, 0.2) is 0 Å². The summed E-state index contributed by atoms with van der Waals surface area (Å²) in [6, 6.07) is 21.7. The molecule has 0 aliphatic carbocycles. The summed E-state index contributed by atoms with van der Waals surface area (Å²) in [5.41, 5.74) is -7.33. The zero-order valence-corrected chi connectivity index (χ0v) is 29.3. The number of carboxylic acid groups (broad SMARTS) is 2. The number of aliphatic hydroxyl groups is 2. The highest BCUT2D eigenvalue weighted by molar-refractivity contribution is 6.28. The minimum absolute atomic E-state index is 0. The van der Waals surface area contributed by atoms with Crippen LogP contribution in [0.3, 0.4) is 0 Å². The number of carbonyl (C=O) groups excluding carboxylic acids is 3. The minimum Gasteiger partial charge on any atom is -0.497 e. The number of likely N-dealkylation sites (N-methyl/N-ethyl adjacent to an activating group) is 1. The van der Waals surface area contributed by atoms with Gasteiger partial charge in [-0.2, -0.15) is 0 Å². The number of nitrogens with zero attached hydrogens (tertiary/aromatic N) is 2. The fraction of sp³-hybridized carbons (Fsp3) is 0.395. The molecule has 51 heavy (non-hydrogen) atoms. The molecule has 13 heteroatoms. The maximum absolute atomic E-state index is 12.6. The number of piperidine rings is 1. The van der Waals surface area contributed by atoms with Crippen LogP contribution in [0.1, 0.15) is 59.9 Å². The summed E-state index contributed by atoms with van der Waals surface area (Å²) in [4.78, 5) is 64.5. The Hall–Kier alpha value is -4.95. The van der Waals surface area contributed by atoms with E-state index in [0.29, 0.717) is 12.0 Å². The van der Waals surface area contributed by atoms with Gasteiger partial charge in [0.25, 0.3) is 11.2 Å². The number of aliphatic carboxylic acids is 2. The molecule has 13 nitrogen and oxygen atoms in total. The number of carbonyl (C=O) groups is 5. The number of hydrogen-bond acceptors (Lipinski definition) is 9. The highest BCUT2D eigenvalue weighted by atomic mass is 16.5. The average Bonchev–Trinajstić information content (AvgIpc) is 3.13. The molecule has 1 aliphatic rings. The summed E-state index contributed by atoms with van der Waals surface area (Å²) in [6.07, 6.45) is 3.32. The van der Waals surface area contributed by atoms with Crippen LogP contribution in [-0.4, -0.2) is 116 Å². The molecule has 3 unspecified atom stereocenters. The van der Waals surface area contributed by atoms with E-state index >= 15 is 0 Å². The lowest BCUT2D eigenvalue weighted by molar-refractivity contribution is -0.187. The van der Waals surface area contributed by atoms with E-state index in [4.69, 9.17) is 4.74 Å². The van der Waals surface area contributed by atoms with Crippen LogP contribution in [0.2, 0.25) is 0 Å². The highest BCUT2D eigenvalue weighted by Gasteiger charge is 2.69. The molecule has 3 aromatic rings. The van der Waals surface area contributed by atoms with Crippen LogP contribution < -0.4 is 4.74 Å². The predicted octanol–water partition coefficient (Wildman–Crippen LogP) is 2.77. The molecule has 3 aromatic carbocycles. The second-order valence-corrected chi connectivity index (χ2v) is 12.4. The van der Waals surface area contributed by atoms with E-state index < -0.39 is 45.8 Å². The van der Waals surface area contributed by atoms with Crippen molar-refractivity contribution in [2.45, 2.75) is 57.3 Å². The highest BCUT2D eigenvalue weighted by Crippen LogP contribution is 2.32. The van der Waals surface area contributed by atoms with E-state index in [9.17, 15) is 44.4 Å². The Labute approximate surface area is 297 Å². The molecule has 1 amide bonds. The van der Waals surface area contributed by atoms with Crippen molar-refractivity contribution in [3.63, 3.8) is 0 Å². The van der Waals surface area contributed by atoms with Crippen LogP contribution in [0.25, 0.3) is 0 Å². The van der Waals surface area contributed by atoms with Crippen molar-refractivity contribution in [2.24, 2.45) is 5.92 Å². The third-order valence-corrected chi connectivity index (χ3v) is 9.14. The maximum Gasteiger partial charge on any atom is 0.348 e. The molecule has 1 fully saturated rings. The number of hydrogen-bond donors (Lipinski definition) is 4. The predicted molar refractivity (Wildman–Crippen MR) is 189 cm³/mol. The number of methoxy groups -OCH3 is 1. The van der Waals surface area contributed by atoms with Crippen LogP contribution in [0.5, 0.6) is 5.75 Å². The molecule has 1 heterocycles. The number of ether oxygens (including phenoxy) is 1. The number of carboxylic acids is 2. The number of rotatable bonds is 14. The van der Waals surface area contributed by atoms with Crippen molar-refractivity contribution in [2.75, 3.05) is 33.3 Å². The van der Waals surface area contributed by atoms with Gasteiger partial charge in [0.2, 0.25) is 17.5 Å². The molecular formula is C38H48N2O11. The second kappa shape index (κ2) is 18.9. The van der Waals surface area contributed by atoms with Gasteiger partial charge >= 0.3 is 11.9 Å². The Kier molecular flexibility index (Phi) is 15.6. The number of likely N-dealkylation sites (tertiary alicyclic amines) is 1. The van der Waals surface area contributed by atoms with Gasteiger partial charge in [0.05, 0.1) is 7.11 Å². The minimum atomic E-state index is -3.95. The van der Waals surface area contributed by atoms with Gasteiger partial charge < -0.3 is 40.4 Å². The molecule has 276 valence electrons. The van der Waals surface area contributed by atoms with Crippen LogP contribution >= 0.6 is 0 Å². The molecule has 3 atom stereocenters. The van der Waals surface area contributed by atoms with Gasteiger partial charge in [-0.05, 0) is 56.3 Å². The normalized spacial score (nSPS) is 15.9. The summed E-state index contributed by atoms with van der Waals surface area (Å²) < 4.78 is 5.23. The van der Waals surface area contributed by atoms with E-state index in [1.54, 1.807) is 14.0 Å². The Morgan fingerprint density at radius 1 is 0.804 bits per heavy atom. The summed E-state index contributed by atoms with van der Waals surface area (Å²) >= 11 is 0. The van der Waals surface area contributed by atoms with Crippen molar-refractivity contribution in [1.29, 1.82) is 0 Å². The first kappa shape index (κ1) is 42.2. The lowest BCUT2D eigenvalue weighted by Gasteiger charge is -2.36. The van der Waals surface area contributed by atoms with E-state index in [0.717, 1.165) is 75.5 Å². The summed E-state index contributed by atoms with van der Waals surface area (Å²) in [6.45, 7) is 10.3. The molecule has 1 aliphatic heterocycles. The van der Waals surface area contributed by atoms with Crippen molar-refractivity contribution in [3.8, 4) is 5.75 Å². The van der Waals surface area contributed by atoms with Gasteiger partial charge in [0, 0.05) is 43.7 Å². The molecule has 6 N–H and O–H groups in total. The zero-order valence-electron chi connectivity index (χ0n) is 29.3. The Bertz CT molecular complexity index is 1540. The molecular weight excluding hydrogens is 660 g/mol. The average molecular weight is 709 g/mol. The van der Waals surface area contributed by atoms with Gasteiger partial charge in [-0.15, -0.1) is 0 Å². The number of Topliss-reactive ketones (excluding diaryl/α,β-unsaturated/α-hetero) is 2. The van der Waals surface area contributed by atoms with Crippen molar-refractivity contribution >= 4 is 29.4 Å². The van der Waals surface area contributed by atoms with Crippen LogP contribution in [0, 0.1) is 5.92 Å². The molecule has 0 spiro atoms. The van der Waals surface area contributed by atoms with Gasteiger partial charge in [-0.3, -0.25) is 14.4 Å². The van der Waals surface area contributed by atoms with Crippen molar-refractivity contribution in [3.05, 3.63) is 102 Å². The largest absolute Gasteiger partial charge is 0.497 e. The Balaban J connectivity index is 0.000000348. The van der Waals surface area contributed by atoms with Crippen LogP contribution in [-0.2, 0) is 20.8 Å². The summed E-state index contributed by atoms with van der Waals surface area (Å²) in [5.74, 6) is -6.19. The zero-order chi connectivity index (χ0) is 37.1. The molecule has 0 saturated carbocycles. The van der Waals surface area contributed by atoms with E-state index in [1.807, 2.05) is 17.0 Å². The van der Waals surface area contributed by atoms with Crippen molar-refractivity contribution in [1.82, 2.24) is 9.80 Å². The molecule has 4 rings (SSSR count). The molecule has 0 aromatic heterocycles. The lowest BCUT2D eigenvalue weighted by atomic mass is 9.73. The quantitative estimate of drug-likeness (QED) is 0.141.